The molecule has 96 valence electrons. The Morgan fingerprint density at radius 1 is 1.56 bits per heavy atom. The molecule has 7 heteroatoms. The van der Waals surface area contributed by atoms with Crippen LogP contribution in [-0.2, 0) is 6.54 Å². The quantitative estimate of drug-likeness (QED) is 0.850. The number of anilines is 1. The molecular formula is C11H11Br2N3OS. The summed E-state index contributed by atoms with van der Waals surface area (Å²) in [5.41, 5.74) is 0.634. The molecule has 0 unspecified atom stereocenters. The molecule has 2 aromatic rings. The van der Waals surface area contributed by atoms with Gasteiger partial charge in [0.15, 0.2) is 5.13 Å². The molecular weight excluding hydrogens is 382 g/mol. The van der Waals surface area contributed by atoms with E-state index in [4.69, 9.17) is 0 Å². The van der Waals surface area contributed by atoms with Crippen LogP contribution in [0, 0.1) is 0 Å². The number of thiazole rings is 1. The van der Waals surface area contributed by atoms with Gasteiger partial charge in [0.25, 0.3) is 5.91 Å². The molecule has 0 aliphatic heterocycles. The van der Waals surface area contributed by atoms with Gasteiger partial charge < -0.3 is 4.57 Å². The van der Waals surface area contributed by atoms with Crippen LogP contribution in [0.3, 0.4) is 0 Å². The van der Waals surface area contributed by atoms with Gasteiger partial charge in [-0.2, -0.15) is 0 Å². The van der Waals surface area contributed by atoms with Crippen LogP contribution >= 0.6 is 43.2 Å². The van der Waals surface area contributed by atoms with Gasteiger partial charge in [-0.1, -0.05) is 18.3 Å². The van der Waals surface area contributed by atoms with Gasteiger partial charge in [-0.25, -0.2) is 4.98 Å². The van der Waals surface area contributed by atoms with Crippen molar-refractivity contribution < 1.29 is 4.79 Å². The number of rotatable bonds is 4. The first kappa shape index (κ1) is 13.8. The fourth-order valence-corrected chi connectivity index (χ4v) is 3.13. The lowest BCUT2D eigenvalue weighted by atomic mass is 10.4. The van der Waals surface area contributed by atoms with Crippen molar-refractivity contribution in [2.45, 2.75) is 19.9 Å². The van der Waals surface area contributed by atoms with Gasteiger partial charge >= 0.3 is 0 Å². The molecule has 0 radical (unpaired) electrons. The molecule has 0 saturated heterocycles. The Labute approximate surface area is 126 Å². The number of amides is 1. The van der Waals surface area contributed by atoms with Crippen LogP contribution in [0.25, 0.3) is 0 Å². The Hall–Kier alpha value is -0.660. The van der Waals surface area contributed by atoms with E-state index in [9.17, 15) is 4.79 Å². The van der Waals surface area contributed by atoms with Gasteiger partial charge in [0, 0.05) is 17.2 Å². The van der Waals surface area contributed by atoms with Crippen LogP contribution in [0.4, 0.5) is 5.13 Å². The maximum atomic E-state index is 12.1. The minimum atomic E-state index is -0.143. The van der Waals surface area contributed by atoms with Crippen LogP contribution < -0.4 is 5.32 Å². The van der Waals surface area contributed by atoms with Crippen molar-refractivity contribution in [2.24, 2.45) is 0 Å². The van der Waals surface area contributed by atoms with Crippen LogP contribution in [-0.4, -0.2) is 15.5 Å². The second-order valence-corrected chi connectivity index (χ2v) is 6.99. The van der Waals surface area contributed by atoms with Crippen molar-refractivity contribution in [2.75, 3.05) is 5.32 Å². The topological polar surface area (TPSA) is 46.9 Å². The van der Waals surface area contributed by atoms with E-state index in [-0.39, 0.29) is 5.91 Å². The number of aryl methyl sites for hydroxylation is 1. The summed E-state index contributed by atoms with van der Waals surface area (Å²) in [4.78, 5) is 16.2. The summed E-state index contributed by atoms with van der Waals surface area (Å²) in [5.74, 6) is -0.143. The molecule has 0 spiro atoms. The van der Waals surface area contributed by atoms with Crippen LogP contribution in [0.15, 0.2) is 26.7 Å². The number of aromatic nitrogens is 2. The second kappa shape index (κ2) is 5.99. The summed E-state index contributed by atoms with van der Waals surface area (Å²) in [7, 11) is 0. The SMILES string of the molecule is CCCn1cc(Br)cc1C(=O)Nc1ncc(Br)s1. The molecule has 0 aliphatic rings. The molecule has 0 bridgehead atoms. The molecule has 0 atom stereocenters. The summed E-state index contributed by atoms with van der Waals surface area (Å²) in [5, 5.41) is 3.38. The van der Waals surface area contributed by atoms with Gasteiger partial charge in [-0.05, 0) is 44.3 Å². The molecule has 0 aromatic carbocycles. The number of carbonyl (C=O) groups is 1. The Kier molecular flexibility index (Phi) is 4.58. The minimum absolute atomic E-state index is 0.143. The summed E-state index contributed by atoms with van der Waals surface area (Å²) >= 11 is 8.09. The number of nitrogens with zero attached hydrogens (tertiary/aromatic N) is 2. The third kappa shape index (κ3) is 3.21. The molecule has 0 saturated carbocycles. The fraction of sp³-hybridized carbons (Fsp3) is 0.273. The number of hydrogen-bond acceptors (Lipinski definition) is 3. The Bertz CT molecular complexity index is 564. The van der Waals surface area contributed by atoms with E-state index in [2.05, 4.69) is 49.1 Å². The highest BCUT2D eigenvalue weighted by molar-refractivity contribution is 9.11. The predicted molar refractivity (Wildman–Crippen MR) is 80.2 cm³/mol. The monoisotopic (exact) mass is 391 g/mol. The van der Waals surface area contributed by atoms with Crippen LogP contribution in [0.2, 0.25) is 0 Å². The van der Waals surface area contributed by atoms with Crippen molar-refractivity contribution in [1.82, 2.24) is 9.55 Å². The van der Waals surface area contributed by atoms with Gasteiger partial charge in [0.05, 0.1) is 9.98 Å². The molecule has 18 heavy (non-hydrogen) atoms. The molecule has 2 aromatic heterocycles. The highest BCUT2D eigenvalue weighted by Gasteiger charge is 2.14. The maximum Gasteiger partial charge on any atom is 0.274 e. The van der Waals surface area contributed by atoms with E-state index < -0.39 is 0 Å². The highest BCUT2D eigenvalue weighted by atomic mass is 79.9. The van der Waals surface area contributed by atoms with Crippen molar-refractivity contribution in [3.05, 3.63) is 32.4 Å². The highest BCUT2D eigenvalue weighted by Crippen LogP contribution is 2.24. The van der Waals surface area contributed by atoms with E-state index in [0.717, 1.165) is 21.2 Å². The smallest absolute Gasteiger partial charge is 0.274 e. The van der Waals surface area contributed by atoms with Gasteiger partial charge in [-0.3, -0.25) is 10.1 Å². The van der Waals surface area contributed by atoms with E-state index in [1.807, 2.05) is 16.8 Å². The molecule has 1 amide bonds. The number of hydrogen-bond donors (Lipinski definition) is 1. The number of nitrogens with one attached hydrogen (secondary N) is 1. The third-order valence-electron chi connectivity index (χ3n) is 2.26. The van der Waals surface area contributed by atoms with Crippen molar-refractivity contribution in [1.29, 1.82) is 0 Å². The van der Waals surface area contributed by atoms with Crippen molar-refractivity contribution in [3.63, 3.8) is 0 Å². The normalized spacial score (nSPS) is 10.6. The molecule has 2 heterocycles. The molecule has 4 nitrogen and oxygen atoms in total. The van der Waals surface area contributed by atoms with Crippen LogP contribution in [0.5, 0.6) is 0 Å². The van der Waals surface area contributed by atoms with Crippen molar-refractivity contribution >= 4 is 54.2 Å². The zero-order valence-electron chi connectivity index (χ0n) is 9.61. The number of halogens is 2. The summed E-state index contributed by atoms with van der Waals surface area (Å²) in [6.07, 6.45) is 4.56. The molecule has 1 N–H and O–H groups in total. The first-order chi connectivity index (χ1) is 8.60. The molecule has 0 fully saturated rings. The summed E-state index contributed by atoms with van der Waals surface area (Å²) < 4.78 is 3.73. The van der Waals surface area contributed by atoms with E-state index in [1.165, 1.54) is 11.3 Å². The van der Waals surface area contributed by atoms with Crippen LogP contribution in [0.1, 0.15) is 23.8 Å². The number of carbonyl (C=O) groups excluding carboxylic acids is 1. The molecule has 0 aliphatic carbocycles. The Morgan fingerprint density at radius 2 is 2.33 bits per heavy atom. The van der Waals surface area contributed by atoms with Crippen molar-refractivity contribution in [3.8, 4) is 0 Å². The fourth-order valence-electron chi connectivity index (χ4n) is 1.56. The predicted octanol–water partition coefficient (Wildman–Crippen LogP) is 4.13. The van der Waals surface area contributed by atoms with E-state index >= 15 is 0 Å². The minimum Gasteiger partial charge on any atom is -0.342 e. The van der Waals surface area contributed by atoms with E-state index in [1.54, 1.807) is 6.20 Å². The molecule has 2 rings (SSSR count). The lowest BCUT2D eigenvalue weighted by molar-refractivity contribution is 0.101. The summed E-state index contributed by atoms with van der Waals surface area (Å²) in [6.45, 7) is 2.89. The zero-order valence-corrected chi connectivity index (χ0v) is 13.6. The van der Waals surface area contributed by atoms with Gasteiger partial charge in [0.1, 0.15) is 5.69 Å². The maximum absolute atomic E-state index is 12.1. The first-order valence-electron chi connectivity index (χ1n) is 5.38. The lowest BCUT2D eigenvalue weighted by Crippen LogP contribution is -2.16. The zero-order chi connectivity index (χ0) is 13.1. The Balaban J connectivity index is 2.17. The standard InChI is InChI=1S/C11H11Br2N3OS/c1-2-3-16-6-7(12)4-8(16)10(17)15-11-14-5-9(13)18-11/h4-6H,2-3H2,1H3,(H,14,15,17). The van der Waals surface area contributed by atoms with Gasteiger partial charge in [-0.15, -0.1) is 0 Å². The van der Waals surface area contributed by atoms with Gasteiger partial charge in [0.2, 0.25) is 0 Å². The third-order valence-corrected chi connectivity index (χ3v) is 4.08. The Morgan fingerprint density at radius 3 is 2.94 bits per heavy atom. The second-order valence-electron chi connectivity index (χ2n) is 3.66. The van der Waals surface area contributed by atoms with E-state index in [0.29, 0.717) is 10.8 Å². The largest absolute Gasteiger partial charge is 0.342 e. The average Bonchev–Trinajstić information content (AvgIpc) is 2.86. The lowest BCUT2D eigenvalue weighted by Gasteiger charge is -2.06. The first-order valence-corrected chi connectivity index (χ1v) is 7.78. The average molecular weight is 393 g/mol. The summed E-state index contributed by atoms with van der Waals surface area (Å²) in [6, 6.07) is 1.81.